The number of hydrogen-bond acceptors (Lipinski definition) is 6. The van der Waals surface area contributed by atoms with Crippen molar-refractivity contribution in [1.82, 2.24) is 19.2 Å². The van der Waals surface area contributed by atoms with Gasteiger partial charge in [0.15, 0.2) is 0 Å². The van der Waals surface area contributed by atoms with Crippen LogP contribution < -0.4 is 10.3 Å². The van der Waals surface area contributed by atoms with Crippen LogP contribution in [-0.2, 0) is 31.2 Å². The normalized spacial score (nSPS) is 18.5. The van der Waals surface area contributed by atoms with Crippen LogP contribution in [0.15, 0.2) is 35.4 Å². The van der Waals surface area contributed by atoms with E-state index in [9.17, 15) is 9.59 Å². The van der Waals surface area contributed by atoms with Gasteiger partial charge in [-0.25, -0.2) is 4.79 Å². The van der Waals surface area contributed by atoms with Gasteiger partial charge in [-0.05, 0) is 43.6 Å². The molecule has 0 aromatic carbocycles. The summed E-state index contributed by atoms with van der Waals surface area (Å²) in [7, 11) is 3.26. The SMILES string of the molecule is COC(=O)c1c(OCCCc2cnn(C)c2)cc(=O)n2c1CCN(C[C@@H]1CC=CCC1)CC2. The maximum absolute atomic E-state index is 12.9. The summed E-state index contributed by atoms with van der Waals surface area (Å²) in [6.07, 6.45) is 14.0. The number of fused-ring (bicyclic) bond motifs is 1. The maximum Gasteiger partial charge on any atom is 0.343 e. The van der Waals surface area contributed by atoms with E-state index >= 15 is 0 Å². The molecule has 2 aliphatic rings. The van der Waals surface area contributed by atoms with E-state index in [1.165, 1.54) is 19.6 Å². The van der Waals surface area contributed by atoms with Crippen molar-refractivity contribution in [3.05, 3.63) is 57.8 Å². The molecule has 0 radical (unpaired) electrons. The Morgan fingerprint density at radius 1 is 1.24 bits per heavy atom. The minimum atomic E-state index is -0.452. The van der Waals surface area contributed by atoms with Crippen LogP contribution in [0.2, 0.25) is 0 Å². The largest absolute Gasteiger partial charge is 0.492 e. The molecule has 8 nitrogen and oxygen atoms in total. The maximum atomic E-state index is 12.9. The van der Waals surface area contributed by atoms with Gasteiger partial charge < -0.3 is 18.9 Å². The Morgan fingerprint density at radius 3 is 2.85 bits per heavy atom. The highest BCUT2D eigenvalue weighted by atomic mass is 16.5. The Hall–Kier alpha value is -2.87. The van der Waals surface area contributed by atoms with Crippen LogP contribution in [-0.4, -0.2) is 58.6 Å². The number of nitrogens with zero attached hydrogens (tertiary/aromatic N) is 4. The highest BCUT2D eigenvalue weighted by molar-refractivity contribution is 5.93. The molecule has 178 valence electrons. The van der Waals surface area contributed by atoms with Crippen LogP contribution in [0.1, 0.15) is 47.3 Å². The summed E-state index contributed by atoms with van der Waals surface area (Å²) < 4.78 is 14.5. The molecule has 0 spiro atoms. The lowest BCUT2D eigenvalue weighted by molar-refractivity contribution is 0.0593. The van der Waals surface area contributed by atoms with Gasteiger partial charge in [-0.15, -0.1) is 0 Å². The Labute approximate surface area is 194 Å². The molecule has 2 aromatic heterocycles. The zero-order chi connectivity index (χ0) is 23.2. The van der Waals surface area contributed by atoms with Gasteiger partial charge in [0.2, 0.25) is 0 Å². The lowest BCUT2D eigenvalue weighted by Gasteiger charge is -2.26. The van der Waals surface area contributed by atoms with Crippen molar-refractivity contribution in [2.24, 2.45) is 13.0 Å². The standard InChI is InChI=1S/C25H34N4O4/c1-27-17-20(16-26-27)9-6-14-33-22-15-23(30)29-13-12-28(18-19-7-4-3-5-8-19)11-10-21(29)24(22)25(31)32-2/h3-4,15-17,19H,5-14,18H2,1-2H3/t19-/m1/s1. The number of pyridine rings is 1. The van der Waals surface area contributed by atoms with Crippen LogP contribution in [0, 0.1) is 5.92 Å². The first-order valence-electron chi connectivity index (χ1n) is 11.9. The molecule has 0 unspecified atom stereocenters. The number of aryl methyl sites for hydroxylation is 2. The quantitative estimate of drug-likeness (QED) is 0.347. The number of carbonyl (C=O) groups is 1. The minimum absolute atomic E-state index is 0.123. The Morgan fingerprint density at radius 2 is 2.12 bits per heavy atom. The number of rotatable bonds is 8. The summed E-state index contributed by atoms with van der Waals surface area (Å²) in [5.41, 5.74) is 2.12. The first-order valence-corrected chi connectivity index (χ1v) is 11.9. The van der Waals surface area contributed by atoms with Gasteiger partial charge in [0.1, 0.15) is 11.3 Å². The number of allylic oxidation sites excluding steroid dienone is 2. The van der Waals surface area contributed by atoms with E-state index in [0.717, 1.165) is 56.6 Å². The van der Waals surface area contributed by atoms with E-state index in [2.05, 4.69) is 22.2 Å². The van der Waals surface area contributed by atoms with Crippen LogP contribution in [0.5, 0.6) is 5.75 Å². The molecular weight excluding hydrogens is 420 g/mol. The van der Waals surface area contributed by atoms with Crippen LogP contribution >= 0.6 is 0 Å². The lowest BCUT2D eigenvalue weighted by Crippen LogP contribution is -2.33. The van der Waals surface area contributed by atoms with Crippen molar-refractivity contribution in [2.45, 2.75) is 45.1 Å². The number of aromatic nitrogens is 3. The summed E-state index contributed by atoms with van der Waals surface area (Å²) in [6.45, 7) is 3.62. The van der Waals surface area contributed by atoms with Crippen molar-refractivity contribution in [1.29, 1.82) is 0 Å². The molecule has 1 aliphatic carbocycles. The second kappa shape index (κ2) is 10.8. The van der Waals surface area contributed by atoms with Crippen LogP contribution in [0.25, 0.3) is 0 Å². The molecule has 33 heavy (non-hydrogen) atoms. The van der Waals surface area contributed by atoms with Crippen molar-refractivity contribution in [2.75, 3.05) is 33.4 Å². The molecule has 0 saturated heterocycles. The van der Waals surface area contributed by atoms with Crippen LogP contribution in [0.4, 0.5) is 0 Å². The molecule has 0 N–H and O–H groups in total. The van der Waals surface area contributed by atoms with Gasteiger partial charge in [0.25, 0.3) is 5.56 Å². The molecule has 0 fully saturated rings. The summed E-state index contributed by atoms with van der Waals surface area (Å²) in [5.74, 6) is 0.536. The predicted octanol–water partition coefficient (Wildman–Crippen LogP) is 2.59. The Balaban J connectivity index is 1.47. The number of ether oxygens (including phenoxy) is 2. The second-order valence-electron chi connectivity index (χ2n) is 8.99. The number of hydrogen-bond donors (Lipinski definition) is 0. The topological polar surface area (TPSA) is 78.6 Å². The van der Waals surface area contributed by atoms with Crippen molar-refractivity contribution in [3.63, 3.8) is 0 Å². The Kier molecular flexibility index (Phi) is 7.65. The van der Waals surface area contributed by atoms with Crippen molar-refractivity contribution < 1.29 is 14.3 Å². The molecule has 2 aromatic rings. The molecule has 8 heteroatoms. The van der Waals surface area contributed by atoms with Crippen molar-refractivity contribution >= 4 is 5.97 Å². The highest BCUT2D eigenvalue weighted by Gasteiger charge is 2.27. The van der Waals surface area contributed by atoms with Crippen LogP contribution in [0.3, 0.4) is 0 Å². The predicted molar refractivity (Wildman–Crippen MR) is 126 cm³/mol. The fourth-order valence-corrected chi connectivity index (χ4v) is 4.86. The first kappa shape index (κ1) is 23.3. The summed E-state index contributed by atoms with van der Waals surface area (Å²) in [4.78, 5) is 28.1. The van der Waals surface area contributed by atoms with Gasteiger partial charge in [-0.2, -0.15) is 5.10 Å². The zero-order valence-electron chi connectivity index (χ0n) is 19.7. The molecule has 4 rings (SSSR count). The third-order valence-corrected chi connectivity index (χ3v) is 6.60. The number of esters is 1. The van der Waals surface area contributed by atoms with E-state index in [1.54, 1.807) is 9.25 Å². The fraction of sp³-hybridized carbons (Fsp3) is 0.560. The van der Waals surface area contributed by atoms with Gasteiger partial charge in [0, 0.05) is 57.6 Å². The molecule has 0 bridgehead atoms. The van der Waals surface area contributed by atoms with E-state index in [0.29, 0.717) is 36.8 Å². The average molecular weight is 455 g/mol. The molecule has 0 amide bonds. The third-order valence-electron chi connectivity index (χ3n) is 6.60. The molecule has 3 heterocycles. The second-order valence-corrected chi connectivity index (χ2v) is 8.99. The molecule has 0 saturated carbocycles. The molecule has 1 aliphatic heterocycles. The van der Waals surface area contributed by atoms with Gasteiger partial charge in [-0.3, -0.25) is 9.48 Å². The van der Waals surface area contributed by atoms with E-state index in [4.69, 9.17) is 9.47 Å². The fourth-order valence-electron chi connectivity index (χ4n) is 4.86. The smallest absolute Gasteiger partial charge is 0.343 e. The van der Waals surface area contributed by atoms with E-state index < -0.39 is 5.97 Å². The molecule has 1 atom stereocenters. The lowest BCUT2D eigenvalue weighted by atomic mass is 9.94. The van der Waals surface area contributed by atoms with Gasteiger partial charge in [-0.1, -0.05) is 12.2 Å². The average Bonchev–Trinajstić information content (AvgIpc) is 3.12. The van der Waals surface area contributed by atoms with Gasteiger partial charge in [0.05, 0.1) is 19.9 Å². The first-order chi connectivity index (χ1) is 16.0. The highest BCUT2D eigenvalue weighted by Crippen LogP contribution is 2.25. The Bertz CT molecular complexity index is 1060. The molecular formula is C25H34N4O4. The van der Waals surface area contributed by atoms with Crippen molar-refractivity contribution in [3.8, 4) is 5.75 Å². The third kappa shape index (κ3) is 5.74. The summed E-state index contributed by atoms with van der Waals surface area (Å²) >= 11 is 0. The summed E-state index contributed by atoms with van der Waals surface area (Å²) in [6, 6.07) is 1.45. The number of carbonyl (C=O) groups excluding carboxylic acids is 1. The van der Waals surface area contributed by atoms with E-state index in [1.807, 2.05) is 19.4 Å². The summed E-state index contributed by atoms with van der Waals surface area (Å²) in [5, 5.41) is 4.18. The van der Waals surface area contributed by atoms with Gasteiger partial charge >= 0.3 is 5.97 Å². The number of methoxy groups -OCH3 is 1. The van der Waals surface area contributed by atoms with E-state index in [-0.39, 0.29) is 5.56 Å². The minimum Gasteiger partial charge on any atom is -0.492 e. The zero-order valence-corrected chi connectivity index (χ0v) is 19.7. The monoisotopic (exact) mass is 454 g/mol.